The summed E-state index contributed by atoms with van der Waals surface area (Å²) in [5.41, 5.74) is 2.62. The quantitative estimate of drug-likeness (QED) is 0.711. The first kappa shape index (κ1) is 16.7. The van der Waals surface area contributed by atoms with E-state index >= 15 is 0 Å². The van der Waals surface area contributed by atoms with Crippen LogP contribution in [0, 0.1) is 17.7 Å². The van der Waals surface area contributed by atoms with Gasteiger partial charge in [0.05, 0.1) is 5.56 Å². The van der Waals surface area contributed by atoms with Crippen molar-refractivity contribution in [2.45, 2.75) is 12.1 Å². The van der Waals surface area contributed by atoms with Crippen LogP contribution < -0.4 is 5.32 Å². The molecule has 0 bridgehead atoms. The van der Waals surface area contributed by atoms with Crippen LogP contribution >= 0.6 is 0 Å². The van der Waals surface area contributed by atoms with Crippen LogP contribution in [0.1, 0.15) is 34.4 Å². The summed E-state index contributed by atoms with van der Waals surface area (Å²) >= 11 is 0. The van der Waals surface area contributed by atoms with Gasteiger partial charge in [-0.3, -0.25) is 4.98 Å². The van der Waals surface area contributed by atoms with Crippen molar-refractivity contribution in [3.05, 3.63) is 89.5 Å². The van der Waals surface area contributed by atoms with Crippen LogP contribution in [0.15, 0.2) is 61.4 Å². The van der Waals surface area contributed by atoms with E-state index in [0.29, 0.717) is 22.3 Å². The molecule has 1 fully saturated rings. The Morgan fingerprint density at radius 2 is 1.74 bits per heavy atom. The molecule has 1 N–H and O–H groups in total. The van der Waals surface area contributed by atoms with Gasteiger partial charge in [0.2, 0.25) is 0 Å². The molecule has 2 atom stereocenters. The van der Waals surface area contributed by atoms with Crippen molar-refractivity contribution < 1.29 is 13.9 Å². The summed E-state index contributed by atoms with van der Waals surface area (Å²) in [5.74, 6) is 5.56. The first-order valence-electron chi connectivity index (χ1n) is 8.13. The molecule has 3 heterocycles. The molecule has 132 valence electrons. The fraction of sp³-hybridized carbons (Fsp3) is 0.100. The van der Waals surface area contributed by atoms with E-state index in [2.05, 4.69) is 32.1 Å². The summed E-state index contributed by atoms with van der Waals surface area (Å²) in [6.07, 6.45) is 6.69. The van der Waals surface area contributed by atoms with Crippen LogP contribution in [0.25, 0.3) is 0 Å². The van der Waals surface area contributed by atoms with Gasteiger partial charge < -0.3 is 10.1 Å². The lowest BCUT2D eigenvalue weighted by atomic mass is 9.97. The second-order valence-electron chi connectivity index (χ2n) is 5.89. The highest BCUT2D eigenvalue weighted by molar-refractivity contribution is 5.71. The smallest absolute Gasteiger partial charge is 0.408 e. The molecule has 0 radical (unpaired) electrons. The lowest BCUT2D eigenvalue weighted by Crippen LogP contribution is -2.19. The molecule has 0 aliphatic carbocycles. The molecule has 1 aromatic carbocycles. The Morgan fingerprint density at radius 3 is 2.56 bits per heavy atom. The number of alkyl carbamates (subject to hydrolysis) is 1. The number of nitrogens with zero attached hydrogens (tertiary/aromatic N) is 3. The lowest BCUT2D eigenvalue weighted by Gasteiger charge is -2.17. The summed E-state index contributed by atoms with van der Waals surface area (Å²) in [4.78, 5) is 23.8. The molecule has 7 heteroatoms. The number of halogens is 1. The maximum absolute atomic E-state index is 13.6. The number of hydrogen-bond acceptors (Lipinski definition) is 5. The summed E-state index contributed by atoms with van der Waals surface area (Å²) in [7, 11) is 0. The molecular weight excluding hydrogens is 347 g/mol. The highest BCUT2D eigenvalue weighted by Gasteiger charge is 2.36. The maximum Gasteiger partial charge on any atom is 0.408 e. The maximum atomic E-state index is 13.6. The van der Waals surface area contributed by atoms with Crippen LogP contribution in [0.5, 0.6) is 0 Å². The number of carbonyl (C=O) groups excluding carboxylic acids is 1. The number of amides is 1. The summed E-state index contributed by atoms with van der Waals surface area (Å²) in [6, 6.07) is 7.31. The molecule has 1 amide bonds. The fourth-order valence-corrected chi connectivity index (χ4v) is 2.83. The van der Waals surface area contributed by atoms with E-state index in [0.717, 1.165) is 0 Å². The van der Waals surface area contributed by atoms with Gasteiger partial charge in [-0.05, 0) is 29.3 Å². The molecule has 6 nitrogen and oxygen atoms in total. The van der Waals surface area contributed by atoms with Gasteiger partial charge in [-0.25, -0.2) is 19.2 Å². The van der Waals surface area contributed by atoms with Crippen LogP contribution in [0.2, 0.25) is 0 Å². The molecule has 0 saturated carbocycles. The number of pyridine rings is 1. The van der Waals surface area contributed by atoms with Crippen molar-refractivity contribution in [3.8, 4) is 11.8 Å². The van der Waals surface area contributed by atoms with Crippen molar-refractivity contribution >= 4 is 6.09 Å². The van der Waals surface area contributed by atoms with Crippen molar-refractivity contribution in [2.75, 3.05) is 0 Å². The average Bonchev–Trinajstić information content (AvgIpc) is 3.09. The minimum atomic E-state index is -0.652. The second-order valence-corrected chi connectivity index (χ2v) is 5.89. The Bertz CT molecular complexity index is 1050. The molecule has 2 aromatic heterocycles. The van der Waals surface area contributed by atoms with Gasteiger partial charge in [0.25, 0.3) is 0 Å². The highest BCUT2D eigenvalue weighted by Crippen LogP contribution is 2.36. The standard InChI is InChI=1S/C20H13FN4O2/c21-17-3-1-2-15(7-17)19-18(25-20(26)27-19)16-6-13(8-22-11-16)4-5-14-9-23-12-24-10-14/h1-3,6-12,18-19H,(H,25,26)/t18-,19?/m1/s1. The Balaban J connectivity index is 1.64. The number of aromatic nitrogens is 3. The molecule has 4 rings (SSSR count). The third-order valence-corrected chi connectivity index (χ3v) is 4.02. The normalized spacial score (nSPS) is 18.2. The van der Waals surface area contributed by atoms with Crippen molar-refractivity contribution in [1.29, 1.82) is 0 Å². The van der Waals surface area contributed by atoms with E-state index in [1.54, 1.807) is 36.9 Å². The van der Waals surface area contributed by atoms with E-state index in [-0.39, 0.29) is 0 Å². The first-order chi connectivity index (χ1) is 13.2. The summed E-state index contributed by atoms with van der Waals surface area (Å²) < 4.78 is 18.9. The predicted molar refractivity (Wildman–Crippen MR) is 93.7 cm³/mol. The third-order valence-electron chi connectivity index (χ3n) is 4.02. The highest BCUT2D eigenvalue weighted by atomic mass is 19.1. The number of carbonyl (C=O) groups is 1. The van der Waals surface area contributed by atoms with E-state index in [4.69, 9.17) is 4.74 Å². The number of cyclic esters (lactones) is 1. The van der Waals surface area contributed by atoms with E-state index < -0.39 is 24.1 Å². The SMILES string of the molecule is O=C1N[C@H](c2cncc(C#Cc3cncnc3)c2)C(c2cccc(F)c2)O1. The summed E-state index contributed by atoms with van der Waals surface area (Å²) in [6.45, 7) is 0. The van der Waals surface area contributed by atoms with Gasteiger partial charge >= 0.3 is 6.09 Å². The predicted octanol–water partition coefficient (Wildman–Crippen LogP) is 2.93. The van der Waals surface area contributed by atoms with Gasteiger partial charge in [0.15, 0.2) is 6.10 Å². The Hall–Kier alpha value is -3.79. The van der Waals surface area contributed by atoms with Gasteiger partial charge in [-0.1, -0.05) is 24.0 Å². The topological polar surface area (TPSA) is 77.0 Å². The number of ether oxygens (including phenoxy) is 1. The van der Waals surface area contributed by atoms with E-state index in [1.807, 2.05) is 6.07 Å². The van der Waals surface area contributed by atoms with Gasteiger partial charge in [-0.2, -0.15) is 0 Å². The summed E-state index contributed by atoms with van der Waals surface area (Å²) in [5, 5.41) is 2.75. The Kier molecular flexibility index (Phi) is 4.45. The van der Waals surface area contributed by atoms with Crippen molar-refractivity contribution in [1.82, 2.24) is 20.3 Å². The number of benzene rings is 1. The van der Waals surface area contributed by atoms with Gasteiger partial charge in [0, 0.05) is 30.4 Å². The van der Waals surface area contributed by atoms with Crippen LogP contribution in [0.4, 0.5) is 9.18 Å². The lowest BCUT2D eigenvalue weighted by molar-refractivity contribution is 0.132. The average molecular weight is 360 g/mol. The minimum Gasteiger partial charge on any atom is -0.439 e. The number of hydrogen-bond donors (Lipinski definition) is 1. The Labute approximate surface area is 154 Å². The van der Waals surface area contributed by atoms with E-state index in [9.17, 15) is 9.18 Å². The minimum absolute atomic E-state index is 0.392. The molecule has 3 aromatic rings. The third kappa shape index (κ3) is 3.75. The van der Waals surface area contributed by atoms with E-state index in [1.165, 1.54) is 18.5 Å². The molecule has 0 spiro atoms. The van der Waals surface area contributed by atoms with Gasteiger partial charge in [0.1, 0.15) is 18.2 Å². The zero-order valence-corrected chi connectivity index (χ0v) is 14.0. The van der Waals surface area contributed by atoms with Crippen LogP contribution in [0.3, 0.4) is 0 Å². The number of rotatable bonds is 2. The van der Waals surface area contributed by atoms with Crippen molar-refractivity contribution in [3.63, 3.8) is 0 Å². The van der Waals surface area contributed by atoms with Crippen LogP contribution in [-0.4, -0.2) is 21.0 Å². The van der Waals surface area contributed by atoms with Gasteiger partial charge in [-0.15, -0.1) is 0 Å². The molecule has 1 saturated heterocycles. The zero-order valence-electron chi connectivity index (χ0n) is 14.0. The monoisotopic (exact) mass is 360 g/mol. The molecule has 1 unspecified atom stereocenters. The first-order valence-corrected chi connectivity index (χ1v) is 8.13. The zero-order chi connectivity index (χ0) is 18.6. The number of nitrogens with one attached hydrogen (secondary N) is 1. The molecule has 1 aliphatic rings. The fourth-order valence-electron chi connectivity index (χ4n) is 2.83. The molecular formula is C20H13FN4O2. The Morgan fingerprint density at radius 1 is 0.963 bits per heavy atom. The second kappa shape index (κ2) is 7.22. The van der Waals surface area contributed by atoms with Crippen LogP contribution in [-0.2, 0) is 4.74 Å². The van der Waals surface area contributed by atoms with Crippen molar-refractivity contribution in [2.24, 2.45) is 0 Å². The molecule has 27 heavy (non-hydrogen) atoms. The largest absolute Gasteiger partial charge is 0.439 e. The molecule has 1 aliphatic heterocycles.